The van der Waals surface area contributed by atoms with Gasteiger partial charge in [-0.15, -0.1) is 0 Å². The predicted molar refractivity (Wildman–Crippen MR) is 83.7 cm³/mol. The first kappa shape index (κ1) is 13.1. The Balaban J connectivity index is 1.88. The largest absolute Gasteiger partial charge is 0.497 e. The number of hydrogen-bond acceptors (Lipinski definition) is 3. The SMILES string of the molecule is COc1ccc(N)c(NC(=O)c2ccc3cc[nH]c3c2)c1. The molecule has 3 aromatic rings. The van der Waals surface area contributed by atoms with Crippen molar-refractivity contribution < 1.29 is 9.53 Å². The number of carbonyl (C=O) groups excluding carboxylic acids is 1. The summed E-state index contributed by atoms with van der Waals surface area (Å²) in [4.78, 5) is 15.4. The second-order valence-corrected chi connectivity index (χ2v) is 4.69. The number of hydrogen-bond donors (Lipinski definition) is 3. The standard InChI is InChI=1S/C16H15N3O2/c1-21-12-4-5-13(17)15(9-12)19-16(20)11-3-2-10-6-7-18-14(10)8-11/h2-9,18H,17H2,1H3,(H,19,20). The highest BCUT2D eigenvalue weighted by molar-refractivity contribution is 6.07. The van der Waals surface area contributed by atoms with E-state index in [2.05, 4.69) is 10.3 Å². The van der Waals surface area contributed by atoms with Gasteiger partial charge >= 0.3 is 0 Å². The Labute approximate surface area is 121 Å². The van der Waals surface area contributed by atoms with Gasteiger partial charge in [-0.05, 0) is 35.7 Å². The van der Waals surface area contributed by atoms with Gasteiger partial charge in [-0.1, -0.05) is 6.07 Å². The molecule has 0 radical (unpaired) electrons. The number of H-pyrrole nitrogens is 1. The van der Waals surface area contributed by atoms with Crippen LogP contribution in [0.5, 0.6) is 5.75 Å². The quantitative estimate of drug-likeness (QED) is 0.645. The Morgan fingerprint density at radius 3 is 2.86 bits per heavy atom. The van der Waals surface area contributed by atoms with E-state index in [1.807, 2.05) is 18.3 Å². The van der Waals surface area contributed by atoms with Gasteiger partial charge in [0, 0.05) is 23.3 Å². The Kier molecular flexibility index (Phi) is 3.23. The van der Waals surface area contributed by atoms with E-state index in [4.69, 9.17) is 10.5 Å². The lowest BCUT2D eigenvalue weighted by molar-refractivity contribution is 0.102. The molecule has 0 aliphatic carbocycles. The van der Waals surface area contributed by atoms with Gasteiger partial charge in [-0.3, -0.25) is 4.79 Å². The maximum Gasteiger partial charge on any atom is 0.255 e. The van der Waals surface area contributed by atoms with Crippen LogP contribution in [-0.2, 0) is 0 Å². The fraction of sp³-hybridized carbons (Fsp3) is 0.0625. The van der Waals surface area contributed by atoms with Crippen molar-refractivity contribution in [2.24, 2.45) is 0 Å². The molecule has 1 heterocycles. The smallest absolute Gasteiger partial charge is 0.255 e. The molecule has 0 saturated heterocycles. The van der Waals surface area contributed by atoms with Crippen molar-refractivity contribution in [2.45, 2.75) is 0 Å². The molecular weight excluding hydrogens is 266 g/mol. The van der Waals surface area contributed by atoms with E-state index >= 15 is 0 Å². The summed E-state index contributed by atoms with van der Waals surface area (Å²) >= 11 is 0. The molecule has 1 aromatic heterocycles. The molecule has 0 spiro atoms. The minimum Gasteiger partial charge on any atom is -0.497 e. The summed E-state index contributed by atoms with van der Waals surface area (Å²) < 4.78 is 5.13. The first-order chi connectivity index (χ1) is 10.2. The number of nitrogen functional groups attached to an aromatic ring is 1. The van der Waals surface area contributed by atoms with E-state index in [-0.39, 0.29) is 5.91 Å². The summed E-state index contributed by atoms with van der Waals surface area (Å²) in [5, 5.41) is 3.86. The normalized spacial score (nSPS) is 10.5. The lowest BCUT2D eigenvalue weighted by Crippen LogP contribution is -2.13. The summed E-state index contributed by atoms with van der Waals surface area (Å²) in [6.45, 7) is 0. The van der Waals surface area contributed by atoms with Crippen LogP contribution in [0.15, 0.2) is 48.7 Å². The summed E-state index contributed by atoms with van der Waals surface area (Å²) in [6, 6.07) is 12.6. The molecule has 0 unspecified atom stereocenters. The van der Waals surface area contributed by atoms with Crippen molar-refractivity contribution in [2.75, 3.05) is 18.2 Å². The van der Waals surface area contributed by atoms with Crippen LogP contribution >= 0.6 is 0 Å². The molecule has 5 nitrogen and oxygen atoms in total. The molecule has 106 valence electrons. The van der Waals surface area contributed by atoms with Crippen molar-refractivity contribution in [3.63, 3.8) is 0 Å². The molecule has 0 aliphatic rings. The number of nitrogens with two attached hydrogens (primary N) is 1. The lowest BCUT2D eigenvalue weighted by Gasteiger charge is -2.10. The van der Waals surface area contributed by atoms with Gasteiger partial charge in [0.25, 0.3) is 5.91 Å². The highest BCUT2D eigenvalue weighted by Crippen LogP contribution is 2.25. The number of nitrogens with one attached hydrogen (secondary N) is 2. The Hall–Kier alpha value is -2.95. The second kappa shape index (κ2) is 5.20. The molecule has 4 N–H and O–H groups in total. The van der Waals surface area contributed by atoms with Gasteiger partial charge in [0.1, 0.15) is 5.75 Å². The molecule has 0 fully saturated rings. The van der Waals surface area contributed by atoms with E-state index in [1.165, 1.54) is 0 Å². The number of aromatic nitrogens is 1. The zero-order chi connectivity index (χ0) is 14.8. The highest BCUT2D eigenvalue weighted by Gasteiger charge is 2.10. The fourth-order valence-electron chi connectivity index (χ4n) is 2.15. The summed E-state index contributed by atoms with van der Waals surface area (Å²) in [5.74, 6) is 0.422. The maximum absolute atomic E-state index is 12.3. The van der Waals surface area contributed by atoms with Crippen LogP contribution in [-0.4, -0.2) is 18.0 Å². The molecule has 0 atom stereocenters. The zero-order valence-corrected chi connectivity index (χ0v) is 11.5. The Bertz CT molecular complexity index is 808. The topological polar surface area (TPSA) is 80.1 Å². The van der Waals surface area contributed by atoms with Crippen LogP contribution < -0.4 is 15.8 Å². The average molecular weight is 281 g/mol. The number of aromatic amines is 1. The summed E-state index contributed by atoms with van der Waals surface area (Å²) in [6.07, 6.45) is 1.84. The van der Waals surface area contributed by atoms with Gasteiger partial charge in [-0.2, -0.15) is 0 Å². The van der Waals surface area contributed by atoms with Crippen LogP contribution in [0.1, 0.15) is 10.4 Å². The van der Waals surface area contributed by atoms with Crippen LogP contribution in [0.25, 0.3) is 10.9 Å². The first-order valence-corrected chi connectivity index (χ1v) is 6.49. The lowest BCUT2D eigenvalue weighted by atomic mass is 10.1. The van der Waals surface area contributed by atoms with Crippen LogP contribution in [0.3, 0.4) is 0 Å². The van der Waals surface area contributed by atoms with Gasteiger partial charge in [0.2, 0.25) is 0 Å². The third-order valence-corrected chi connectivity index (χ3v) is 3.33. The van der Waals surface area contributed by atoms with Gasteiger partial charge in [-0.25, -0.2) is 0 Å². The predicted octanol–water partition coefficient (Wildman–Crippen LogP) is 3.01. The monoisotopic (exact) mass is 281 g/mol. The van der Waals surface area contributed by atoms with Gasteiger partial charge < -0.3 is 20.8 Å². The molecule has 1 amide bonds. The van der Waals surface area contributed by atoms with Crippen LogP contribution in [0, 0.1) is 0 Å². The molecule has 5 heteroatoms. The second-order valence-electron chi connectivity index (χ2n) is 4.69. The minimum atomic E-state index is -0.216. The number of anilines is 2. The number of benzene rings is 2. The van der Waals surface area contributed by atoms with E-state index < -0.39 is 0 Å². The zero-order valence-electron chi connectivity index (χ0n) is 11.5. The maximum atomic E-state index is 12.3. The molecule has 0 saturated carbocycles. The van der Waals surface area contributed by atoms with Crippen molar-refractivity contribution >= 4 is 28.2 Å². The van der Waals surface area contributed by atoms with E-state index in [0.717, 1.165) is 10.9 Å². The summed E-state index contributed by atoms with van der Waals surface area (Å²) in [7, 11) is 1.57. The summed E-state index contributed by atoms with van der Waals surface area (Å²) in [5.41, 5.74) is 8.37. The molecule has 3 rings (SSSR count). The van der Waals surface area contributed by atoms with Crippen LogP contribution in [0.2, 0.25) is 0 Å². The van der Waals surface area contributed by atoms with Crippen molar-refractivity contribution in [3.05, 3.63) is 54.2 Å². The number of carbonyl (C=O) groups is 1. The first-order valence-electron chi connectivity index (χ1n) is 6.49. The van der Waals surface area contributed by atoms with E-state index in [0.29, 0.717) is 22.7 Å². The van der Waals surface area contributed by atoms with Crippen molar-refractivity contribution in [3.8, 4) is 5.75 Å². The van der Waals surface area contributed by atoms with Crippen molar-refractivity contribution in [1.29, 1.82) is 0 Å². The number of rotatable bonds is 3. The average Bonchev–Trinajstić information content (AvgIpc) is 2.96. The minimum absolute atomic E-state index is 0.216. The number of fused-ring (bicyclic) bond motifs is 1. The van der Waals surface area contributed by atoms with Gasteiger partial charge in [0.15, 0.2) is 0 Å². The van der Waals surface area contributed by atoms with Crippen LogP contribution in [0.4, 0.5) is 11.4 Å². The fourth-order valence-corrected chi connectivity index (χ4v) is 2.15. The Morgan fingerprint density at radius 2 is 2.05 bits per heavy atom. The molecular formula is C16H15N3O2. The number of methoxy groups -OCH3 is 1. The molecule has 2 aromatic carbocycles. The third-order valence-electron chi connectivity index (χ3n) is 3.33. The molecule has 0 aliphatic heterocycles. The van der Waals surface area contributed by atoms with E-state index in [9.17, 15) is 4.79 Å². The van der Waals surface area contributed by atoms with Crippen molar-refractivity contribution in [1.82, 2.24) is 4.98 Å². The third kappa shape index (κ3) is 2.53. The number of amides is 1. The molecule has 0 bridgehead atoms. The van der Waals surface area contributed by atoms with E-state index in [1.54, 1.807) is 37.4 Å². The highest BCUT2D eigenvalue weighted by atomic mass is 16.5. The Morgan fingerprint density at radius 1 is 1.19 bits per heavy atom. The van der Waals surface area contributed by atoms with Gasteiger partial charge in [0.05, 0.1) is 18.5 Å². The molecule has 21 heavy (non-hydrogen) atoms. The number of ether oxygens (including phenoxy) is 1.